The molecule has 0 aromatic heterocycles. The highest BCUT2D eigenvalue weighted by molar-refractivity contribution is 5.34. The van der Waals surface area contributed by atoms with Gasteiger partial charge in [0, 0.05) is 12.1 Å². The molecule has 13 heavy (non-hydrogen) atoms. The van der Waals surface area contributed by atoms with E-state index in [0.717, 1.165) is 0 Å². The van der Waals surface area contributed by atoms with Crippen molar-refractivity contribution in [1.29, 1.82) is 0 Å². The van der Waals surface area contributed by atoms with Crippen molar-refractivity contribution in [2.45, 2.75) is 26.5 Å². The normalized spacial score (nSPS) is 10.5. The fourth-order valence-corrected chi connectivity index (χ4v) is 1.08. The van der Waals surface area contributed by atoms with E-state index in [-0.39, 0.29) is 17.7 Å². The molecule has 0 radical (unpaired) electrons. The average molecular weight is 183 g/mol. The first-order valence-electron chi connectivity index (χ1n) is 4.29. The molecule has 0 aliphatic carbocycles. The van der Waals surface area contributed by atoms with Gasteiger partial charge in [-0.05, 0) is 19.9 Å². The summed E-state index contributed by atoms with van der Waals surface area (Å²) in [7, 11) is 0. The van der Waals surface area contributed by atoms with Crippen LogP contribution >= 0.6 is 0 Å². The molecule has 2 N–H and O–H groups in total. The van der Waals surface area contributed by atoms with Crippen molar-refractivity contribution in [2.75, 3.05) is 0 Å². The maximum absolute atomic E-state index is 13.2. The molecule has 0 fully saturated rings. The summed E-state index contributed by atoms with van der Waals surface area (Å²) >= 11 is 0. The van der Waals surface area contributed by atoms with Gasteiger partial charge >= 0.3 is 0 Å². The molecule has 0 amide bonds. The molecule has 72 valence electrons. The maximum Gasteiger partial charge on any atom is 0.165 e. The van der Waals surface area contributed by atoms with Crippen molar-refractivity contribution in [3.8, 4) is 5.75 Å². The molecular formula is C10H14FNO. The van der Waals surface area contributed by atoms with Crippen LogP contribution in [0.15, 0.2) is 18.2 Å². The minimum absolute atomic E-state index is 0.0396. The highest BCUT2D eigenvalue weighted by Crippen LogP contribution is 2.23. The Bertz CT molecular complexity index is 286. The first kappa shape index (κ1) is 9.99. The fraction of sp³-hybridized carbons (Fsp3) is 0.400. The molecule has 0 unspecified atom stereocenters. The second-order valence-electron chi connectivity index (χ2n) is 3.10. The number of nitrogens with two attached hydrogens (primary N) is 1. The van der Waals surface area contributed by atoms with Gasteiger partial charge in [-0.2, -0.15) is 0 Å². The number of halogens is 1. The van der Waals surface area contributed by atoms with Crippen molar-refractivity contribution in [3.05, 3.63) is 29.6 Å². The third-order valence-corrected chi connectivity index (χ3v) is 1.62. The van der Waals surface area contributed by atoms with Crippen molar-refractivity contribution in [1.82, 2.24) is 0 Å². The van der Waals surface area contributed by atoms with E-state index in [2.05, 4.69) is 0 Å². The number of hydrogen-bond acceptors (Lipinski definition) is 2. The summed E-state index contributed by atoms with van der Waals surface area (Å²) in [5, 5.41) is 0. The molecule has 0 saturated carbocycles. The van der Waals surface area contributed by atoms with Crippen molar-refractivity contribution < 1.29 is 9.13 Å². The zero-order chi connectivity index (χ0) is 9.84. The van der Waals surface area contributed by atoms with Crippen LogP contribution in [0.5, 0.6) is 5.75 Å². The predicted molar refractivity (Wildman–Crippen MR) is 50.1 cm³/mol. The third-order valence-electron chi connectivity index (χ3n) is 1.62. The van der Waals surface area contributed by atoms with E-state index in [4.69, 9.17) is 10.5 Å². The summed E-state index contributed by atoms with van der Waals surface area (Å²) in [4.78, 5) is 0. The molecule has 0 aliphatic heterocycles. The van der Waals surface area contributed by atoms with Gasteiger partial charge in [0.15, 0.2) is 11.6 Å². The molecule has 0 aliphatic rings. The third kappa shape index (κ3) is 2.42. The fourth-order valence-electron chi connectivity index (χ4n) is 1.08. The summed E-state index contributed by atoms with van der Waals surface area (Å²) in [6, 6.07) is 4.77. The first-order chi connectivity index (χ1) is 6.15. The first-order valence-corrected chi connectivity index (χ1v) is 4.29. The molecule has 1 aromatic carbocycles. The van der Waals surface area contributed by atoms with Crippen LogP contribution in [0.4, 0.5) is 4.39 Å². The van der Waals surface area contributed by atoms with Gasteiger partial charge in [-0.15, -0.1) is 0 Å². The Morgan fingerprint density at radius 3 is 2.69 bits per heavy atom. The second-order valence-corrected chi connectivity index (χ2v) is 3.10. The van der Waals surface area contributed by atoms with E-state index >= 15 is 0 Å². The summed E-state index contributed by atoms with van der Waals surface area (Å²) < 4.78 is 18.5. The van der Waals surface area contributed by atoms with E-state index in [1.807, 2.05) is 13.8 Å². The molecule has 1 rings (SSSR count). The van der Waals surface area contributed by atoms with Crippen LogP contribution in [0.1, 0.15) is 19.4 Å². The highest BCUT2D eigenvalue weighted by atomic mass is 19.1. The van der Waals surface area contributed by atoms with Crippen LogP contribution in [0.2, 0.25) is 0 Å². The molecule has 3 heteroatoms. The lowest BCUT2D eigenvalue weighted by Gasteiger charge is -2.13. The predicted octanol–water partition coefficient (Wildman–Crippen LogP) is 2.07. The smallest absolute Gasteiger partial charge is 0.165 e. The zero-order valence-corrected chi connectivity index (χ0v) is 7.88. The number of rotatable bonds is 3. The number of hydrogen-bond donors (Lipinski definition) is 1. The molecule has 0 bridgehead atoms. The average Bonchev–Trinajstić information content (AvgIpc) is 2.08. The summed E-state index contributed by atoms with van der Waals surface area (Å²) in [5.74, 6) is -0.0725. The van der Waals surface area contributed by atoms with Crippen LogP contribution in [-0.4, -0.2) is 6.10 Å². The second kappa shape index (κ2) is 4.23. The Hall–Kier alpha value is -1.09. The lowest BCUT2D eigenvalue weighted by atomic mass is 10.2. The Balaban J connectivity index is 3.00. The van der Waals surface area contributed by atoms with E-state index in [1.54, 1.807) is 12.1 Å². The van der Waals surface area contributed by atoms with Gasteiger partial charge in [0.1, 0.15) is 0 Å². The number of ether oxygens (including phenoxy) is 1. The van der Waals surface area contributed by atoms with Crippen LogP contribution in [0.25, 0.3) is 0 Å². The van der Waals surface area contributed by atoms with E-state index in [0.29, 0.717) is 12.1 Å². The summed E-state index contributed by atoms with van der Waals surface area (Å²) in [5.41, 5.74) is 6.15. The van der Waals surface area contributed by atoms with Gasteiger partial charge in [-0.25, -0.2) is 4.39 Å². The van der Waals surface area contributed by atoms with Crippen LogP contribution in [0.3, 0.4) is 0 Å². The SMILES string of the molecule is CC(C)Oc1c(F)cccc1CN. The minimum Gasteiger partial charge on any atom is -0.488 e. The van der Waals surface area contributed by atoms with Gasteiger partial charge in [0.05, 0.1) is 6.10 Å². The van der Waals surface area contributed by atoms with Crippen molar-refractivity contribution in [2.24, 2.45) is 5.73 Å². The molecular weight excluding hydrogens is 169 g/mol. The topological polar surface area (TPSA) is 35.2 Å². The van der Waals surface area contributed by atoms with E-state index in [9.17, 15) is 4.39 Å². The molecule has 2 nitrogen and oxygen atoms in total. The van der Waals surface area contributed by atoms with Crippen molar-refractivity contribution >= 4 is 0 Å². The molecule has 0 spiro atoms. The quantitative estimate of drug-likeness (QED) is 0.778. The van der Waals surface area contributed by atoms with Gasteiger partial charge < -0.3 is 10.5 Å². The Kier molecular flexibility index (Phi) is 3.25. The van der Waals surface area contributed by atoms with Crippen LogP contribution in [-0.2, 0) is 6.54 Å². The standard InChI is InChI=1S/C10H14FNO/c1-7(2)13-10-8(6-12)4-3-5-9(10)11/h3-5,7H,6,12H2,1-2H3. The van der Waals surface area contributed by atoms with Gasteiger partial charge in [-0.3, -0.25) is 0 Å². The molecule has 0 heterocycles. The Morgan fingerprint density at radius 1 is 1.46 bits per heavy atom. The van der Waals surface area contributed by atoms with Crippen LogP contribution < -0.4 is 10.5 Å². The van der Waals surface area contributed by atoms with Crippen molar-refractivity contribution in [3.63, 3.8) is 0 Å². The highest BCUT2D eigenvalue weighted by Gasteiger charge is 2.09. The number of para-hydroxylation sites is 1. The lowest BCUT2D eigenvalue weighted by Crippen LogP contribution is -2.10. The van der Waals surface area contributed by atoms with Gasteiger partial charge in [0.2, 0.25) is 0 Å². The molecule has 0 saturated heterocycles. The van der Waals surface area contributed by atoms with Gasteiger partial charge in [-0.1, -0.05) is 12.1 Å². The largest absolute Gasteiger partial charge is 0.488 e. The van der Waals surface area contributed by atoms with E-state index in [1.165, 1.54) is 6.07 Å². The molecule has 0 atom stereocenters. The Morgan fingerprint density at radius 2 is 2.15 bits per heavy atom. The monoisotopic (exact) mass is 183 g/mol. The molecule has 1 aromatic rings. The number of benzene rings is 1. The minimum atomic E-state index is -0.350. The van der Waals surface area contributed by atoms with Crippen LogP contribution in [0, 0.1) is 5.82 Å². The Labute approximate surface area is 77.5 Å². The van der Waals surface area contributed by atoms with E-state index < -0.39 is 0 Å². The zero-order valence-electron chi connectivity index (χ0n) is 7.88. The summed E-state index contributed by atoms with van der Waals surface area (Å²) in [6.07, 6.45) is -0.0396. The maximum atomic E-state index is 13.2. The summed E-state index contributed by atoms with van der Waals surface area (Å²) in [6.45, 7) is 4.00. The lowest BCUT2D eigenvalue weighted by molar-refractivity contribution is 0.228. The van der Waals surface area contributed by atoms with Gasteiger partial charge in [0.25, 0.3) is 0 Å².